The van der Waals surface area contributed by atoms with Gasteiger partial charge in [0, 0.05) is 12.6 Å². The molecule has 2 rings (SSSR count). The first-order valence-corrected chi connectivity index (χ1v) is 7.53. The maximum Gasteiger partial charge on any atom is 0.123 e. The van der Waals surface area contributed by atoms with Gasteiger partial charge in [-0.05, 0) is 62.1 Å². The molecule has 4 heteroatoms. The molecular formula is C17H22FO3-. The molecule has 0 radical (unpaired) electrons. The molecule has 116 valence electrons. The summed E-state index contributed by atoms with van der Waals surface area (Å²) in [4.78, 5) is 11.1. The molecule has 0 amide bonds. The second-order valence-corrected chi connectivity index (χ2v) is 6.14. The molecule has 0 unspecified atom stereocenters. The predicted molar refractivity (Wildman–Crippen MR) is 76.1 cm³/mol. The number of ether oxygens (including phenoxy) is 1. The Morgan fingerprint density at radius 1 is 1.48 bits per heavy atom. The molecule has 1 fully saturated rings. The highest BCUT2D eigenvalue weighted by molar-refractivity contribution is 5.65. The standard InChI is InChI=1S/C17H23FO3/c1-3-17(2)11-13(8-9-21-17)15(10-16(19)20)12-4-6-14(18)7-5-12/h4-7,13,15H,3,8-11H2,1-2H3,(H,19,20)/p-1/t13-,15-,17+/m0/s1. The minimum atomic E-state index is -1.06. The molecule has 0 bridgehead atoms. The van der Waals surface area contributed by atoms with Crippen molar-refractivity contribution in [1.82, 2.24) is 0 Å². The van der Waals surface area contributed by atoms with E-state index in [1.54, 1.807) is 12.1 Å². The minimum Gasteiger partial charge on any atom is -0.550 e. The highest BCUT2D eigenvalue weighted by Crippen LogP contribution is 2.41. The van der Waals surface area contributed by atoms with Crippen LogP contribution in [0.4, 0.5) is 4.39 Å². The van der Waals surface area contributed by atoms with Crippen molar-refractivity contribution in [1.29, 1.82) is 0 Å². The molecule has 1 aliphatic heterocycles. The van der Waals surface area contributed by atoms with E-state index in [0.29, 0.717) is 6.61 Å². The van der Waals surface area contributed by atoms with Crippen molar-refractivity contribution < 1.29 is 19.0 Å². The summed E-state index contributed by atoms with van der Waals surface area (Å²) < 4.78 is 18.9. The second kappa shape index (κ2) is 6.56. The molecule has 1 aliphatic rings. The van der Waals surface area contributed by atoms with Gasteiger partial charge in [0.1, 0.15) is 5.82 Å². The SMILES string of the molecule is CC[C@]1(C)C[C@@H]([C@@H](CC(=O)[O-])c2ccc(F)cc2)CCO1. The molecule has 21 heavy (non-hydrogen) atoms. The predicted octanol–water partition coefficient (Wildman–Crippen LogP) is 2.64. The number of hydrogen-bond acceptors (Lipinski definition) is 3. The molecule has 3 atom stereocenters. The Kier molecular flexibility index (Phi) is 4.99. The van der Waals surface area contributed by atoms with Gasteiger partial charge in [-0.1, -0.05) is 19.1 Å². The number of carbonyl (C=O) groups is 1. The largest absolute Gasteiger partial charge is 0.550 e. The normalized spacial score (nSPS) is 27.3. The van der Waals surface area contributed by atoms with E-state index in [4.69, 9.17) is 4.74 Å². The van der Waals surface area contributed by atoms with Gasteiger partial charge in [-0.2, -0.15) is 0 Å². The van der Waals surface area contributed by atoms with E-state index in [-0.39, 0.29) is 29.7 Å². The van der Waals surface area contributed by atoms with Crippen LogP contribution in [0.5, 0.6) is 0 Å². The topological polar surface area (TPSA) is 49.4 Å². The lowest BCUT2D eigenvalue weighted by Crippen LogP contribution is -2.39. The van der Waals surface area contributed by atoms with Crippen LogP contribution in [0.25, 0.3) is 0 Å². The van der Waals surface area contributed by atoms with Crippen molar-refractivity contribution in [3.05, 3.63) is 35.6 Å². The quantitative estimate of drug-likeness (QED) is 0.838. The fraction of sp³-hybridized carbons (Fsp3) is 0.588. The third-order valence-corrected chi connectivity index (χ3v) is 4.63. The number of carboxylic acid groups (broad SMARTS) is 1. The molecule has 1 heterocycles. The fourth-order valence-corrected chi connectivity index (χ4v) is 3.21. The molecule has 0 saturated carbocycles. The van der Waals surface area contributed by atoms with Crippen molar-refractivity contribution in [2.24, 2.45) is 5.92 Å². The third kappa shape index (κ3) is 4.03. The minimum absolute atomic E-state index is 0.0317. The maximum atomic E-state index is 13.1. The summed E-state index contributed by atoms with van der Waals surface area (Å²) in [6, 6.07) is 6.13. The van der Waals surface area contributed by atoms with Gasteiger partial charge < -0.3 is 14.6 Å². The lowest BCUT2D eigenvalue weighted by atomic mass is 9.74. The number of rotatable bonds is 5. The molecule has 0 aliphatic carbocycles. The van der Waals surface area contributed by atoms with Gasteiger partial charge in [0.2, 0.25) is 0 Å². The summed E-state index contributed by atoms with van der Waals surface area (Å²) in [5.41, 5.74) is 0.665. The lowest BCUT2D eigenvalue weighted by molar-refractivity contribution is -0.306. The fourth-order valence-electron chi connectivity index (χ4n) is 3.21. The number of benzene rings is 1. The van der Waals surface area contributed by atoms with Crippen LogP contribution in [0.2, 0.25) is 0 Å². The van der Waals surface area contributed by atoms with Gasteiger partial charge in [0.25, 0.3) is 0 Å². The number of carbonyl (C=O) groups excluding carboxylic acids is 1. The van der Waals surface area contributed by atoms with Gasteiger partial charge in [-0.3, -0.25) is 0 Å². The van der Waals surface area contributed by atoms with E-state index in [0.717, 1.165) is 24.8 Å². The molecule has 1 saturated heterocycles. The number of carboxylic acids is 1. The zero-order chi connectivity index (χ0) is 15.5. The Bertz CT molecular complexity index is 485. The molecule has 1 aromatic rings. The molecule has 0 spiro atoms. The van der Waals surface area contributed by atoms with Crippen LogP contribution in [0, 0.1) is 11.7 Å². The van der Waals surface area contributed by atoms with Crippen LogP contribution in [-0.2, 0) is 9.53 Å². The Labute approximate surface area is 125 Å². The third-order valence-electron chi connectivity index (χ3n) is 4.63. The first-order chi connectivity index (χ1) is 9.93. The van der Waals surface area contributed by atoms with Crippen LogP contribution in [0.1, 0.15) is 51.0 Å². The van der Waals surface area contributed by atoms with Crippen LogP contribution in [-0.4, -0.2) is 18.2 Å². The first kappa shape index (κ1) is 16.0. The molecule has 0 N–H and O–H groups in total. The molecular weight excluding hydrogens is 271 g/mol. The van der Waals surface area contributed by atoms with E-state index in [1.165, 1.54) is 12.1 Å². The smallest absolute Gasteiger partial charge is 0.123 e. The average molecular weight is 293 g/mol. The first-order valence-electron chi connectivity index (χ1n) is 7.53. The van der Waals surface area contributed by atoms with Gasteiger partial charge in [-0.15, -0.1) is 0 Å². The molecule has 0 aromatic heterocycles. The average Bonchev–Trinajstić information content (AvgIpc) is 2.46. The zero-order valence-corrected chi connectivity index (χ0v) is 12.6. The highest BCUT2D eigenvalue weighted by Gasteiger charge is 2.36. The lowest BCUT2D eigenvalue weighted by Gasteiger charge is -2.41. The summed E-state index contributed by atoms with van der Waals surface area (Å²) in [6.07, 6.45) is 2.50. The number of halogens is 1. The number of aliphatic carboxylic acids is 1. The molecule has 3 nitrogen and oxygen atoms in total. The highest BCUT2D eigenvalue weighted by atomic mass is 19.1. The van der Waals surface area contributed by atoms with Crippen LogP contribution >= 0.6 is 0 Å². The van der Waals surface area contributed by atoms with Gasteiger partial charge in [-0.25, -0.2) is 4.39 Å². The summed E-state index contributed by atoms with van der Waals surface area (Å²) in [7, 11) is 0. The van der Waals surface area contributed by atoms with Gasteiger partial charge in [0.15, 0.2) is 0 Å². The van der Waals surface area contributed by atoms with E-state index in [2.05, 4.69) is 13.8 Å². The van der Waals surface area contributed by atoms with E-state index in [9.17, 15) is 14.3 Å². The van der Waals surface area contributed by atoms with E-state index in [1.807, 2.05) is 0 Å². The van der Waals surface area contributed by atoms with Gasteiger partial charge in [0.05, 0.1) is 5.60 Å². The van der Waals surface area contributed by atoms with Crippen molar-refractivity contribution in [3.63, 3.8) is 0 Å². The molecule has 1 aromatic carbocycles. The van der Waals surface area contributed by atoms with Gasteiger partial charge >= 0.3 is 0 Å². The van der Waals surface area contributed by atoms with Crippen LogP contribution < -0.4 is 5.11 Å². The number of hydrogen-bond donors (Lipinski definition) is 0. The zero-order valence-electron chi connectivity index (χ0n) is 12.6. The summed E-state index contributed by atoms with van der Waals surface area (Å²) in [5.74, 6) is -1.30. The second-order valence-electron chi connectivity index (χ2n) is 6.14. The Balaban J connectivity index is 2.23. The Hall–Kier alpha value is -1.42. The summed E-state index contributed by atoms with van der Waals surface area (Å²) in [6.45, 7) is 4.79. The Morgan fingerprint density at radius 2 is 2.14 bits per heavy atom. The van der Waals surface area contributed by atoms with Crippen LogP contribution in [0.15, 0.2) is 24.3 Å². The monoisotopic (exact) mass is 293 g/mol. The summed E-state index contributed by atoms with van der Waals surface area (Å²) in [5, 5.41) is 11.1. The van der Waals surface area contributed by atoms with E-state index < -0.39 is 5.97 Å². The van der Waals surface area contributed by atoms with Crippen molar-refractivity contribution in [2.45, 2.75) is 51.0 Å². The maximum absolute atomic E-state index is 13.1. The van der Waals surface area contributed by atoms with Crippen molar-refractivity contribution in [2.75, 3.05) is 6.61 Å². The summed E-state index contributed by atoms with van der Waals surface area (Å²) >= 11 is 0. The van der Waals surface area contributed by atoms with Crippen molar-refractivity contribution >= 4 is 5.97 Å². The van der Waals surface area contributed by atoms with Crippen molar-refractivity contribution in [3.8, 4) is 0 Å². The van der Waals surface area contributed by atoms with E-state index >= 15 is 0 Å². The Morgan fingerprint density at radius 3 is 2.71 bits per heavy atom. The van der Waals surface area contributed by atoms with Crippen LogP contribution in [0.3, 0.4) is 0 Å².